The number of hydrogen-bond donors (Lipinski definition) is 0. The maximum Gasteiger partial charge on any atom is 0.319 e. The van der Waals surface area contributed by atoms with Gasteiger partial charge in [0.05, 0.1) is 10.8 Å². The van der Waals surface area contributed by atoms with E-state index in [0.717, 1.165) is 0 Å². The molecule has 0 aliphatic rings. The van der Waals surface area contributed by atoms with E-state index in [1.54, 1.807) is 0 Å². The van der Waals surface area contributed by atoms with Gasteiger partial charge in [-0.25, -0.2) is 0 Å². The highest BCUT2D eigenvalue weighted by molar-refractivity contribution is 9.24. The number of hydrogen-bond acceptors (Lipinski definition) is 2. The van der Waals surface area contributed by atoms with Gasteiger partial charge in [-0.15, -0.1) is 0 Å². The number of halogens is 3. The number of alkyl halides is 3. The third-order valence-electron chi connectivity index (χ3n) is 0.842. The highest BCUT2D eigenvalue weighted by Crippen LogP contribution is 2.19. The van der Waals surface area contributed by atoms with E-state index in [4.69, 9.17) is 0 Å². The van der Waals surface area contributed by atoms with Gasteiger partial charge in [-0.05, 0) is 6.42 Å². The first-order valence-corrected chi connectivity index (χ1v) is 5.32. The van der Waals surface area contributed by atoms with E-state index in [9.17, 15) is 4.79 Å². The van der Waals surface area contributed by atoms with Gasteiger partial charge in [-0.2, -0.15) is 0 Å². The third-order valence-corrected chi connectivity index (χ3v) is 2.34. The smallest absolute Gasteiger partial charge is 0.319 e. The van der Waals surface area contributed by atoms with Gasteiger partial charge >= 0.3 is 5.97 Å². The van der Waals surface area contributed by atoms with Gasteiger partial charge in [0.2, 0.25) is 0 Å². The van der Waals surface area contributed by atoms with Gasteiger partial charge < -0.3 is 4.74 Å². The van der Waals surface area contributed by atoms with Crippen molar-refractivity contribution in [3.8, 4) is 0 Å². The summed E-state index contributed by atoms with van der Waals surface area (Å²) in [6, 6.07) is 0. The Bertz CT molecular complexity index is 115. The lowest BCUT2D eigenvalue weighted by atomic mass is 10.3. The van der Waals surface area contributed by atoms with Crippen LogP contribution in [0.2, 0.25) is 0 Å². The molecule has 0 aliphatic carbocycles. The number of ether oxygens (including phenoxy) is 1. The molecular weight excluding hydrogens is 332 g/mol. The van der Waals surface area contributed by atoms with Crippen LogP contribution in [0, 0.1) is 0 Å². The molecule has 1 atom stereocenters. The molecule has 0 N–H and O–H groups in total. The topological polar surface area (TPSA) is 26.3 Å². The zero-order valence-electron chi connectivity index (χ0n) is 5.31. The minimum Gasteiger partial charge on any atom is -0.468 e. The second kappa shape index (κ2) is 5.55. The first-order chi connectivity index (χ1) is 4.57. The molecule has 0 amide bonds. The van der Waals surface area contributed by atoms with E-state index in [1.165, 1.54) is 7.11 Å². The molecule has 5 heteroatoms. The maximum absolute atomic E-state index is 10.7. The highest BCUT2D eigenvalue weighted by atomic mass is 79.9. The summed E-state index contributed by atoms with van der Waals surface area (Å²) in [7, 11) is 1.37. The summed E-state index contributed by atoms with van der Waals surface area (Å²) in [5.41, 5.74) is 0. The second-order valence-corrected chi connectivity index (χ2v) is 6.16. The SMILES string of the molecule is COC(=O)C(Br)CC(Br)Br. The molecule has 0 fully saturated rings. The number of rotatable bonds is 3. The van der Waals surface area contributed by atoms with E-state index in [0.29, 0.717) is 6.42 Å². The van der Waals surface area contributed by atoms with Crippen LogP contribution >= 0.6 is 47.8 Å². The average molecular weight is 339 g/mol. The molecule has 0 saturated carbocycles. The third kappa shape index (κ3) is 4.68. The lowest BCUT2D eigenvalue weighted by Gasteiger charge is -2.06. The number of carbonyl (C=O) groups is 1. The van der Waals surface area contributed by atoms with Crippen molar-refractivity contribution in [1.82, 2.24) is 0 Å². The van der Waals surface area contributed by atoms with Crippen LogP contribution < -0.4 is 0 Å². The molecule has 0 radical (unpaired) electrons. The van der Waals surface area contributed by atoms with Crippen molar-refractivity contribution in [2.75, 3.05) is 7.11 Å². The fraction of sp³-hybridized carbons (Fsp3) is 0.800. The molecule has 0 heterocycles. The van der Waals surface area contributed by atoms with E-state index < -0.39 is 0 Å². The van der Waals surface area contributed by atoms with Crippen molar-refractivity contribution in [3.05, 3.63) is 0 Å². The van der Waals surface area contributed by atoms with Gasteiger partial charge in [-0.1, -0.05) is 47.8 Å². The van der Waals surface area contributed by atoms with Crippen LogP contribution in [0.1, 0.15) is 6.42 Å². The van der Waals surface area contributed by atoms with Crippen molar-refractivity contribution in [1.29, 1.82) is 0 Å². The molecular formula is C5H7Br3O2. The van der Waals surface area contributed by atoms with Crippen LogP contribution in [0.3, 0.4) is 0 Å². The number of methoxy groups -OCH3 is 1. The molecule has 0 aromatic heterocycles. The summed E-state index contributed by atoms with van der Waals surface area (Å²) in [4.78, 5) is 10.5. The Kier molecular flexibility index (Phi) is 6.05. The van der Waals surface area contributed by atoms with E-state index in [2.05, 4.69) is 52.5 Å². The van der Waals surface area contributed by atoms with Gasteiger partial charge in [0.15, 0.2) is 0 Å². The van der Waals surface area contributed by atoms with Crippen LogP contribution in [-0.4, -0.2) is 21.6 Å². The summed E-state index contributed by atoms with van der Waals surface area (Å²) < 4.78 is 4.63. The molecule has 1 unspecified atom stereocenters. The number of carbonyl (C=O) groups excluding carboxylic acids is 1. The van der Waals surface area contributed by atoms with Crippen LogP contribution in [-0.2, 0) is 9.53 Å². The van der Waals surface area contributed by atoms with Crippen molar-refractivity contribution in [3.63, 3.8) is 0 Å². The van der Waals surface area contributed by atoms with Gasteiger partial charge in [0.1, 0.15) is 4.83 Å². The van der Waals surface area contributed by atoms with Crippen LogP contribution in [0.15, 0.2) is 0 Å². The normalized spacial score (nSPS) is 13.3. The van der Waals surface area contributed by atoms with Gasteiger partial charge in [0.25, 0.3) is 0 Å². The molecule has 60 valence electrons. The maximum atomic E-state index is 10.7. The first kappa shape index (κ1) is 10.9. The summed E-state index contributed by atoms with van der Waals surface area (Å²) in [5, 5.41) is 0. The average Bonchev–Trinajstić information content (AvgIpc) is 1.85. The van der Waals surface area contributed by atoms with Gasteiger partial charge in [0, 0.05) is 0 Å². The Morgan fingerprint density at radius 1 is 1.50 bits per heavy atom. The van der Waals surface area contributed by atoms with Crippen LogP contribution in [0.4, 0.5) is 0 Å². The molecule has 0 spiro atoms. The minimum absolute atomic E-state index is 0.142. The second-order valence-electron chi connectivity index (χ2n) is 1.62. The monoisotopic (exact) mass is 336 g/mol. The zero-order valence-corrected chi connectivity index (χ0v) is 10.1. The molecule has 10 heavy (non-hydrogen) atoms. The quantitative estimate of drug-likeness (QED) is 0.583. The van der Waals surface area contributed by atoms with E-state index in [1.807, 2.05) is 0 Å². The van der Waals surface area contributed by atoms with E-state index in [-0.39, 0.29) is 14.5 Å². The van der Waals surface area contributed by atoms with Crippen molar-refractivity contribution in [2.24, 2.45) is 0 Å². The number of esters is 1. The van der Waals surface area contributed by atoms with Crippen LogP contribution in [0.5, 0.6) is 0 Å². The zero-order chi connectivity index (χ0) is 8.15. The largest absolute Gasteiger partial charge is 0.468 e. The lowest BCUT2D eigenvalue weighted by Crippen LogP contribution is -2.17. The Hall–Kier alpha value is 0.910. The molecule has 0 aliphatic heterocycles. The molecule has 0 saturated heterocycles. The fourth-order valence-electron chi connectivity index (χ4n) is 0.381. The summed E-state index contributed by atoms with van der Waals surface area (Å²) >= 11 is 9.67. The Morgan fingerprint density at radius 2 is 2.00 bits per heavy atom. The van der Waals surface area contributed by atoms with Crippen molar-refractivity contribution < 1.29 is 9.53 Å². The standard InChI is InChI=1S/C5H7Br3O2/c1-10-5(9)3(6)2-4(7)8/h3-4H,2H2,1H3. The minimum atomic E-state index is -0.246. The molecule has 0 bridgehead atoms. The summed E-state index contributed by atoms with van der Waals surface area (Å²) in [6.07, 6.45) is 0.659. The molecule has 0 aromatic carbocycles. The first-order valence-electron chi connectivity index (χ1n) is 2.58. The van der Waals surface area contributed by atoms with E-state index >= 15 is 0 Å². The highest BCUT2D eigenvalue weighted by Gasteiger charge is 2.17. The summed E-state index contributed by atoms with van der Waals surface area (Å²) in [5.74, 6) is -0.246. The molecule has 0 aromatic rings. The van der Waals surface area contributed by atoms with Gasteiger partial charge in [-0.3, -0.25) is 4.79 Å². The lowest BCUT2D eigenvalue weighted by molar-refractivity contribution is -0.139. The summed E-state index contributed by atoms with van der Waals surface area (Å²) in [6.45, 7) is 0. The predicted molar refractivity (Wildman–Crippen MR) is 51.0 cm³/mol. The predicted octanol–water partition coefficient (Wildman–Crippen LogP) is 2.43. The van der Waals surface area contributed by atoms with Crippen LogP contribution in [0.25, 0.3) is 0 Å². The van der Waals surface area contributed by atoms with Crippen molar-refractivity contribution >= 4 is 53.8 Å². The molecule has 2 nitrogen and oxygen atoms in total. The Balaban J connectivity index is 3.61. The van der Waals surface area contributed by atoms with Crippen molar-refractivity contribution in [2.45, 2.75) is 15.0 Å². The Morgan fingerprint density at radius 3 is 2.30 bits per heavy atom. The molecule has 0 rings (SSSR count). The fourth-order valence-corrected chi connectivity index (χ4v) is 2.69. The Labute approximate surface area is 85.1 Å².